The van der Waals surface area contributed by atoms with E-state index in [0.29, 0.717) is 18.3 Å². The van der Waals surface area contributed by atoms with E-state index >= 15 is 0 Å². The van der Waals surface area contributed by atoms with Gasteiger partial charge in [0.2, 0.25) is 5.89 Å². The maximum Gasteiger partial charge on any atom is 0.226 e. The van der Waals surface area contributed by atoms with Gasteiger partial charge in [0.25, 0.3) is 0 Å². The molecule has 7 nitrogen and oxygen atoms in total. The van der Waals surface area contributed by atoms with Gasteiger partial charge in [-0.15, -0.1) is 5.10 Å². The Morgan fingerprint density at radius 1 is 1.04 bits per heavy atom. The number of oxazole rings is 1. The zero-order valence-corrected chi connectivity index (χ0v) is 17.2. The van der Waals surface area contributed by atoms with Gasteiger partial charge >= 0.3 is 0 Å². The summed E-state index contributed by atoms with van der Waals surface area (Å²) in [6.07, 6.45) is 5.30. The van der Waals surface area contributed by atoms with Gasteiger partial charge in [-0.3, -0.25) is 0 Å². The lowest BCUT2D eigenvalue weighted by molar-refractivity contribution is -0.0298. The number of hydrogen-bond acceptors (Lipinski definition) is 6. The maximum absolute atomic E-state index is 5.92. The number of hydrogen-bond donors (Lipinski definition) is 1. The molecule has 150 valence electrons. The molecule has 0 aliphatic carbocycles. The second-order valence-electron chi connectivity index (χ2n) is 7.66. The number of aryl methyl sites for hydroxylation is 3. The van der Waals surface area contributed by atoms with Crippen LogP contribution in [-0.4, -0.2) is 32.2 Å². The number of aromatic amines is 1. The van der Waals surface area contributed by atoms with E-state index in [0.717, 1.165) is 49.1 Å². The second kappa shape index (κ2) is 9.10. The van der Waals surface area contributed by atoms with Gasteiger partial charge in [0.15, 0.2) is 5.82 Å². The van der Waals surface area contributed by atoms with Crippen LogP contribution in [0.15, 0.2) is 28.7 Å². The Morgan fingerprint density at radius 3 is 2.50 bits per heavy atom. The van der Waals surface area contributed by atoms with Gasteiger partial charge in [-0.2, -0.15) is 0 Å². The minimum Gasteiger partial charge on any atom is -0.441 e. The fourth-order valence-electron chi connectivity index (χ4n) is 3.04. The Labute approximate surface area is 165 Å². The number of tetrazole rings is 1. The van der Waals surface area contributed by atoms with Crippen molar-refractivity contribution in [1.29, 1.82) is 0 Å². The van der Waals surface area contributed by atoms with Crippen LogP contribution in [0.4, 0.5) is 0 Å². The average Bonchev–Trinajstić information content (AvgIpc) is 3.32. The zero-order chi connectivity index (χ0) is 20.0. The molecule has 28 heavy (non-hydrogen) atoms. The van der Waals surface area contributed by atoms with Crippen molar-refractivity contribution in [2.75, 3.05) is 6.61 Å². The number of H-pyrrole nitrogens is 1. The largest absolute Gasteiger partial charge is 0.441 e. The summed E-state index contributed by atoms with van der Waals surface area (Å²) in [5.74, 6) is 2.28. The first kappa shape index (κ1) is 20.2. The molecule has 0 atom stereocenters. The summed E-state index contributed by atoms with van der Waals surface area (Å²) in [4.78, 5) is 4.69. The van der Waals surface area contributed by atoms with E-state index in [-0.39, 0.29) is 0 Å². The quantitative estimate of drug-likeness (QED) is 0.518. The minimum atomic E-state index is -0.492. The molecule has 0 unspecified atom stereocenters. The molecule has 0 saturated carbocycles. The molecule has 0 aliphatic heterocycles. The van der Waals surface area contributed by atoms with Crippen LogP contribution >= 0.6 is 0 Å². The van der Waals surface area contributed by atoms with Crippen molar-refractivity contribution in [2.24, 2.45) is 0 Å². The monoisotopic (exact) mass is 383 g/mol. The smallest absolute Gasteiger partial charge is 0.226 e. The molecule has 0 amide bonds. The van der Waals surface area contributed by atoms with Crippen molar-refractivity contribution in [3.05, 3.63) is 47.1 Å². The number of ether oxygens (including phenoxy) is 1. The van der Waals surface area contributed by atoms with E-state index in [1.807, 2.05) is 20.8 Å². The van der Waals surface area contributed by atoms with Crippen LogP contribution in [0.3, 0.4) is 0 Å². The third-order valence-corrected chi connectivity index (χ3v) is 4.88. The van der Waals surface area contributed by atoms with E-state index in [4.69, 9.17) is 14.1 Å². The van der Waals surface area contributed by atoms with E-state index in [9.17, 15) is 0 Å². The summed E-state index contributed by atoms with van der Waals surface area (Å²) in [6.45, 7) is 8.69. The van der Waals surface area contributed by atoms with Gasteiger partial charge < -0.3 is 9.15 Å². The van der Waals surface area contributed by atoms with Crippen LogP contribution in [-0.2, 0) is 16.8 Å². The van der Waals surface area contributed by atoms with Gasteiger partial charge in [0, 0.05) is 12.2 Å². The van der Waals surface area contributed by atoms with Crippen molar-refractivity contribution >= 4 is 0 Å². The lowest BCUT2D eigenvalue weighted by Gasteiger charge is -2.21. The van der Waals surface area contributed by atoms with E-state index in [2.05, 4.69) is 51.8 Å². The molecule has 2 aromatic heterocycles. The van der Waals surface area contributed by atoms with E-state index < -0.39 is 5.60 Å². The highest BCUT2D eigenvalue weighted by molar-refractivity contribution is 5.54. The number of unbranched alkanes of at least 4 members (excludes halogenated alkanes) is 3. The van der Waals surface area contributed by atoms with Gasteiger partial charge in [0.05, 0.1) is 5.69 Å². The molecule has 1 N–H and O–H groups in total. The van der Waals surface area contributed by atoms with E-state index in [1.54, 1.807) is 0 Å². The molecule has 0 radical (unpaired) electrons. The van der Waals surface area contributed by atoms with Crippen molar-refractivity contribution in [1.82, 2.24) is 25.6 Å². The molecule has 0 bridgehead atoms. The van der Waals surface area contributed by atoms with Crippen LogP contribution in [0.5, 0.6) is 0 Å². The van der Waals surface area contributed by atoms with Gasteiger partial charge in [-0.05, 0) is 69.5 Å². The Hall–Kier alpha value is -2.54. The first-order chi connectivity index (χ1) is 13.5. The zero-order valence-electron chi connectivity index (χ0n) is 17.2. The van der Waals surface area contributed by atoms with E-state index in [1.165, 1.54) is 5.56 Å². The average molecular weight is 383 g/mol. The fourth-order valence-corrected chi connectivity index (χ4v) is 3.04. The number of nitrogens with one attached hydrogen (secondary N) is 1. The maximum atomic E-state index is 5.92. The molecular formula is C21H29N5O2. The molecule has 0 spiro atoms. The van der Waals surface area contributed by atoms with Crippen LogP contribution in [0.25, 0.3) is 11.5 Å². The number of aromatic nitrogens is 5. The molecule has 0 saturated heterocycles. The topological polar surface area (TPSA) is 89.7 Å². The molecule has 0 fully saturated rings. The van der Waals surface area contributed by atoms with Crippen LogP contribution in [0.1, 0.15) is 62.4 Å². The Kier molecular flexibility index (Phi) is 6.57. The summed E-state index contributed by atoms with van der Waals surface area (Å²) < 4.78 is 11.8. The van der Waals surface area contributed by atoms with Crippen molar-refractivity contribution < 1.29 is 9.15 Å². The molecule has 2 heterocycles. The van der Waals surface area contributed by atoms with Crippen molar-refractivity contribution in [3.63, 3.8) is 0 Å². The van der Waals surface area contributed by atoms with Crippen molar-refractivity contribution in [3.8, 4) is 11.5 Å². The van der Waals surface area contributed by atoms with Crippen LogP contribution in [0, 0.1) is 13.8 Å². The lowest BCUT2D eigenvalue weighted by atomic mass is 10.1. The minimum absolute atomic E-state index is 0.492. The highest BCUT2D eigenvalue weighted by Crippen LogP contribution is 2.24. The summed E-state index contributed by atoms with van der Waals surface area (Å²) >= 11 is 0. The highest BCUT2D eigenvalue weighted by atomic mass is 16.5. The molecule has 3 aromatic rings. The summed E-state index contributed by atoms with van der Waals surface area (Å²) in [5, 5.41) is 13.9. The number of nitrogens with zero attached hydrogens (tertiary/aromatic N) is 4. The van der Waals surface area contributed by atoms with Crippen LogP contribution < -0.4 is 0 Å². The predicted octanol–water partition coefficient (Wildman–Crippen LogP) is 4.53. The Bertz CT molecular complexity index is 854. The summed E-state index contributed by atoms with van der Waals surface area (Å²) in [7, 11) is 0. The molecular weight excluding hydrogens is 354 g/mol. The lowest BCUT2D eigenvalue weighted by Crippen LogP contribution is -2.24. The Morgan fingerprint density at radius 2 is 1.79 bits per heavy atom. The summed E-state index contributed by atoms with van der Waals surface area (Å²) in [6, 6.07) is 8.27. The Balaban J connectivity index is 1.37. The highest BCUT2D eigenvalue weighted by Gasteiger charge is 2.25. The predicted molar refractivity (Wildman–Crippen MR) is 107 cm³/mol. The van der Waals surface area contributed by atoms with Gasteiger partial charge in [-0.1, -0.05) is 30.5 Å². The van der Waals surface area contributed by atoms with Gasteiger partial charge in [-0.25, -0.2) is 10.1 Å². The molecule has 1 aromatic carbocycles. The molecule has 0 aliphatic rings. The van der Waals surface area contributed by atoms with Gasteiger partial charge in [0.1, 0.15) is 11.4 Å². The second-order valence-corrected chi connectivity index (χ2v) is 7.66. The third-order valence-electron chi connectivity index (χ3n) is 4.88. The number of benzene rings is 1. The normalized spacial score (nSPS) is 11.9. The molecule has 3 rings (SSSR count). The van der Waals surface area contributed by atoms with Crippen LogP contribution in [0.2, 0.25) is 0 Å². The van der Waals surface area contributed by atoms with Crippen molar-refractivity contribution in [2.45, 2.75) is 65.4 Å². The number of rotatable bonds is 10. The SMILES string of the molecule is Cc1ccc(-c2nc(CCCCCCOC(C)(C)c3nnn[nH]3)c(C)o2)cc1. The standard InChI is InChI=1S/C21H29N5O2/c1-15-10-12-17(13-11-15)19-22-18(16(2)28-19)9-7-5-6-8-14-27-21(3,4)20-23-25-26-24-20/h10-13H,5-9,14H2,1-4H3,(H,23,24,25,26). The first-order valence-electron chi connectivity index (χ1n) is 9.87. The fraction of sp³-hybridized carbons (Fsp3) is 0.524. The third kappa shape index (κ3) is 5.25. The first-order valence-corrected chi connectivity index (χ1v) is 9.87. The summed E-state index contributed by atoms with van der Waals surface area (Å²) in [5.41, 5.74) is 2.83. The molecule has 7 heteroatoms.